The van der Waals surface area contributed by atoms with Gasteiger partial charge in [0.2, 0.25) is 0 Å². The van der Waals surface area contributed by atoms with Gasteiger partial charge < -0.3 is 0 Å². The van der Waals surface area contributed by atoms with E-state index in [-0.39, 0.29) is 0 Å². The van der Waals surface area contributed by atoms with Gasteiger partial charge in [0, 0.05) is 21.2 Å². The van der Waals surface area contributed by atoms with Gasteiger partial charge in [0.15, 0.2) is 17.5 Å². The predicted molar refractivity (Wildman–Crippen MR) is 109 cm³/mol. The summed E-state index contributed by atoms with van der Waals surface area (Å²) in [6, 6.07) is 26.1. The Morgan fingerprint density at radius 1 is 0.577 bits per heavy atom. The van der Waals surface area contributed by atoms with Crippen molar-refractivity contribution in [3.05, 3.63) is 88.9 Å². The summed E-state index contributed by atoms with van der Waals surface area (Å²) in [5.41, 5.74) is 4.07. The molecule has 0 N–H and O–H groups in total. The Hall–Kier alpha value is -2.85. The molecule has 0 fully saturated rings. The molecular formula is C22H16BrN3. The van der Waals surface area contributed by atoms with Crippen molar-refractivity contribution in [1.82, 2.24) is 15.0 Å². The van der Waals surface area contributed by atoms with Gasteiger partial charge in [0.25, 0.3) is 0 Å². The summed E-state index contributed by atoms with van der Waals surface area (Å²) in [4.78, 5) is 14.2. The highest BCUT2D eigenvalue weighted by atomic mass is 79.9. The predicted octanol–water partition coefficient (Wildman–Crippen LogP) is 5.94. The fraction of sp³-hybridized carbons (Fsp3) is 0.0455. The van der Waals surface area contributed by atoms with Crippen LogP contribution in [0.4, 0.5) is 0 Å². The first-order valence-electron chi connectivity index (χ1n) is 8.34. The van der Waals surface area contributed by atoms with Crippen LogP contribution in [0.1, 0.15) is 5.56 Å². The number of nitrogens with zero attached hydrogens (tertiary/aromatic N) is 3. The summed E-state index contributed by atoms with van der Waals surface area (Å²) in [5, 5.41) is 0. The lowest BCUT2D eigenvalue weighted by molar-refractivity contribution is 1.07. The topological polar surface area (TPSA) is 38.7 Å². The first kappa shape index (κ1) is 16.6. The molecule has 3 nitrogen and oxygen atoms in total. The Bertz CT molecular complexity index is 990. The van der Waals surface area contributed by atoms with Gasteiger partial charge in [-0.25, -0.2) is 15.0 Å². The minimum atomic E-state index is 0.674. The molecule has 0 amide bonds. The monoisotopic (exact) mass is 401 g/mol. The molecule has 0 saturated carbocycles. The van der Waals surface area contributed by atoms with E-state index in [1.54, 1.807) is 0 Å². The second kappa shape index (κ2) is 7.18. The van der Waals surface area contributed by atoms with E-state index in [4.69, 9.17) is 15.0 Å². The maximum absolute atomic E-state index is 4.73. The lowest BCUT2D eigenvalue weighted by Gasteiger charge is -2.09. The SMILES string of the molecule is Cc1cc(-c2nc(-c3ccccc3)nc(-c3ccccc3)n2)ccc1Br. The lowest BCUT2D eigenvalue weighted by Crippen LogP contribution is -2.00. The second-order valence-electron chi connectivity index (χ2n) is 6.00. The Morgan fingerprint density at radius 2 is 1.04 bits per heavy atom. The summed E-state index contributed by atoms with van der Waals surface area (Å²) in [6.07, 6.45) is 0. The highest BCUT2D eigenvalue weighted by Gasteiger charge is 2.12. The zero-order valence-corrected chi connectivity index (χ0v) is 15.8. The molecule has 0 unspecified atom stereocenters. The van der Waals surface area contributed by atoms with E-state index in [0.29, 0.717) is 17.5 Å². The van der Waals surface area contributed by atoms with E-state index >= 15 is 0 Å². The van der Waals surface area contributed by atoms with E-state index in [2.05, 4.69) is 28.9 Å². The van der Waals surface area contributed by atoms with Gasteiger partial charge in [-0.15, -0.1) is 0 Å². The van der Waals surface area contributed by atoms with Crippen molar-refractivity contribution in [2.24, 2.45) is 0 Å². The maximum atomic E-state index is 4.73. The van der Waals surface area contributed by atoms with E-state index in [1.165, 1.54) is 0 Å². The van der Waals surface area contributed by atoms with Crippen LogP contribution in [0, 0.1) is 6.92 Å². The highest BCUT2D eigenvalue weighted by molar-refractivity contribution is 9.10. The first-order valence-corrected chi connectivity index (χ1v) is 9.13. The molecule has 1 aromatic heterocycles. The van der Waals surface area contributed by atoms with Crippen LogP contribution in [-0.4, -0.2) is 15.0 Å². The minimum absolute atomic E-state index is 0.674. The van der Waals surface area contributed by atoms with Crippen LogP contribution in [-0.2, 0) is 0 Å². The molecule has 0 atom stereocenters. The molecule has 0 spiro atoms. The third-order valence-corrected chi connectivity index (χ3v) is 5.01. The number of benzene rings is 3. The molecule has 0 bridgehead atoms. The van der Waals surface area contributed by atoms with Crippen LogP contribution >= 0.6 is 15.9 Å². The number of hydrogen-bond acceptors (Lipinski definition) is 3. The highest BCUT2D eigenvalue weighted by Crippen LogP contribution is 2.26. The van der Waals surface area contributed by atoms with E-state index in [9.17, 15) is 0 Å². The van der Waals surface area contributed by atoms with Crippen molar-refractivity contribution in [3.8, 4) is 34.2 Å². The first-order chi connectivity index (χ1) is 12.7. The van der Waals surface area contributed by atoms with E-state index in [1.807, 2.05) is 72.8 Å². The van der Waals surface area contributed by atoms with Gasteiger partial charge in [-0.3, -0.25) is 0 Å². The Labute approximate surface area is 160 Å². The van der Waals surface area contributed by atoms with E-state index in [0.717, 1.165) is 26.7 Å². The van der Waals surface area contributed by atoms with Crippen LogP contribution in [0.3, 0.4) is 0 Å². The van der Waals surface area contributed by atoms with Crippen LogP contribution < -0.4 is 0 Å². The molecule has 0 radical (unpaired) electrons. The van der Waals surface area contributed by atoms with Crippen LogP contribution in [0.25, 0.3) is 34.2 Å². The molecule has 4 heteroatoms. The molecule has 0 saturated heterocycles. The Morgan fingerprint density at radius 3 is 1.50 bits per heavy atom. The summed E-state index contributed by atoms with van der Waals surface area (Å²) < 4.78 is 1.07. The quantitative estimate of drug-likeness (QED) is 0.426. The van der Waals surface area contributed by atoms with Crippen LogP contribution in [0.2, 0.25) is 0 Å². The van der Waals surface area contributed by atoms with Gasteiger partial charge >= 0.3 is 0 Å². The lowest BCUT2D eigenvalue weighted by atomic mass is 10.1. The zero-order chi connectivity index (χ0) is 17.9. The molecule has 0 aliphatic heterocycles. The third-order valence-electron chi connectivity index (χ3n) is 4.12. The van der Waals surface area contributed by atoms with Crippen molar-refractivity contribution in [2.45, 2.75) is 6.92 Å². The molecule has 26 heavy (non-hydrogen) atoms. The molecule has 0 aliphatic carbocycles. The smallest absolute Gasteiger partial charge is 0.164 e. The van der Waals surface area contributed by atoms with Gasteiger partial charge in [-0.2, -0.15) is 0 Å². The Balaban J connectivity index is 1.92. The van der Waals surface area contributed by atoms with E-state index < -0.39 is 0 Å². The van der Waals surface area contributed by atoms with Gasteiger partial charge in [-0.05, 0) is 24.6 Å². The molecule has 126 valence electrons. The summed E-state index contributed by atoms with van der Waals surface area (Å²) in [5.74, 6) is 2.03. The number of rotatable bonds is 3. The normalized spacial score (nSPS) is 10.7. The minimum Gasteiger partial charge on any atom is -0.208 e. The third kappa shape index (κ3) is 3.41. The largest absolute Gasteiger partial charge is 0.208 e. The van der Waals surface area contributed by atoms with Gasteiger partial charge in [0.1, 0.15) is 0 Å². The number of hydrogen-bond donors (Lipinski definition) is 0. The van der Waals surface area contributed by atoms with Crippen molar-refractivity contribution < 1.29 is 0 Å². The standard InChI is InChI=1S/C22H16BrN3/c1-15-14-18(12-13-19(15)23)22-25-20(16-8-4-2-5-9-16)24-21(26-22)17-10-6-3-7-11-17/h2-14H,1H3. The molecule has 3 aromatic carbocycles. The molecule has 0 aliphatic rings. The molecular weight excluding hydrogens is 386 g/mol. The molecule has 4 aromatic rings. The maximum Gasteiger partial charge on any atom is 0.164 e. The van der Waals surface area contributed by atoms with Crippen molar-refractivity contribution in [2.75, 3.05) is 0 Å². The van der Waals surface area contributed by atoms with Gasteiger partial charge in [0.05, 0.1) is 0 Å². The number of aromatic nitrogens is 3. The summed E-state index contributed by atoms with van der Waals surface area (Å²) in [7, 11) is 0. The van der Waals surface area contributed by atoms with Crippen LogP contribution in [0.15, 0.2) is 83.3 Å². The van der Waals surface area contributed by atoms with Gasteiger partial charge in [-0.1, -0.05) is 82.7 Å². The zero-order valence-electron chi connectivity index (χ0n) is 14.2. The van der Waals surface area contributed by atoms with Crippen molar-refractivity contribution >= 4 is 15.9 Å². The average molecular weight is 402 g/mol. The number of aryl methyl sites for hydroxylation is 1. The second-order valence-corrected chi connectivity index (χ2v) is 6.86. The Kier molecular flexibility index (Phi) is 4.59. The number of halogens is 1. The van der Waals surface area contributed by atoms with Crippen LogP contribution in [0.5, 0.6) is 0 Å². The van der Waals surface area contributed by atoms with Crippen molar-refractivity contribution in [1.29, 1.82) is 0 Å². The fourth-order valence-electron chi connectivity index (χ4n) is 2.72. The summed E-state index contributed by atoms with van der Waals surface area (Å²) >= 11 is 3.55. The van der Waals surface area contributed by atoms with Crippen molar-refractivity contribution in [3.63, 3.8) is 0 Å². The fourth-order valence-corrected chi connectivity index (χ4v) is 2.97. The summed E-state index contributed by atoms with van der Waals surface area (Å²) in [6.45, 7) is 2.06. The molecule has 1 heterocycles. The average Bonchev–Trinajstić information content (AvgIpc) is 2.71. The molecule has 4 rings (SSSR count).